The van der Waals surface area contributed by atoms with Gasteiger partial charge in [0.1, 0.15) is 5.82 Å². The summed E-state index contributed by atoms with van der Waals surface area (Å²) < 4.78 is 12.8. The molecule has 5 rings (SSSR count). The minimum absolute atomic E-state index is 0.319. The number of nitrogens with zero attached hydrogens (tertiary/aromatic N) is 6. The molecule has 0 saturated carbocycles. The maximum absolute atomic E-state index is 5.46. The van der Waals surface area contributed by atoms with Gasteiger partial charge in [-0.3, -0.25) is 0 Å². The molecule has 2 aromatic carbocycles. The van der Waals surface area contributed by atoms with E-state index in [0.29, 0.717) is 24.1 Å². The molecule has 0 atom stereocenters. The van der Waals surface area contributed by atoms with Crippen LogP contribution in [0.2, 0.25) is 0 Å². The first-order valence-corrected chi connectivity index (χ1v) is 10.4. The lowest BCUT2D eigenvalue weighted by molar-refractivity contribution is 0.122. The molecule has 3 heterocycles. The molecular weight excluding hydrogens is 392 g/mol. The number of anilines is 1. The highest BCUT2D eigenvalue weighted by Crippen LogP contribution is 2.22. The summed E-state index contributed by atoms with van der Waals surface area (Å²) in [6.07, 6.45) is 0. The Balaban J connectivity index is 1.35. The Kier molecular flexibility index (Phi) is 5.21. The number of ether oxygens (including phenoxy) is 1. The monoisotopic (exact) mass is 416 g/mol. The predicted octanol–water partition coefficient (Wildman–Crippen LogP) is 3.50. The third kappa shape index (κ3) is 4.20. The molecule has 0 N–H and O–H groups in total. The molecule has 158 valence electrons. The zero-order chi connectivity index (χ0) is 21.2. The van der Waals surface area contributed by atoms with E-state index in [1.54, 1.807) is 0 Å². The van der Waals surface area contributed by atoms with E-state index in [-0.39, 0.29) is 0 Å². The first kappa shape index (κ1) is 19.4. The number of rotatable bonds is 5. The van der Waals surface area contributed by atoms with Crippen molar-refractivity contribution in [2.75, 3.05) is 31.2 Å². The van der Waals surface area contributed by atoms with Gasteiger partial charge in [-0.05, 0) is 31.5 Å². The van der Waals surface area contributed by atoms with Crippen molar-refractivity contribution < 1.29 is 9.26 Å². The normalized spacial score (nSPS) is 14.2. The van der Waals surface area contributed by atoms with Crippen LogP contribution in [0, 0.1) is 13.8 Å². The maximum Gasteiger partial charge on any atom is 0.297 e. The van der Waals surface area contributed by atoms with Crippen molar-refractivity contribution in [2.45, 2.75) is 20.4 Å². The SMILES string of the molecule is Cc1ccc(-c2noc(-c3nc(C)n(Cc4cccc(N5CCOCC5)c4)n3)n2)cc1. The van der Waals surface area contributed by atoms with Gasteiger partial charge < -0.3 is 14.2 Å². The van der Waals surface area contributed by atoms with Gasteiger partial charge in [-0.15, -0.1) is 5.10 Å². The van der Waals surface area contributed by atoms with Gasteiger partial charge in [0, 0.05) is 24.3 Å². The average Bonchev–Trinajstić information content (AvgIpc) is 3.43. The third-order valence-corrected chi connectivity index (χ3v) is 5.40. The molecule has 0 bridgehead atoms. The molecule has 8 nitrogen and oxygen atoms in total. The van der Waals surface area contributed by atoms with Crippen LogP contribution in [0.4, 0.5) is 5.69 Å². The summed E-state index contributed by atoms with van der Waals surface area (Å²) in [5, 5.41) is 8.70. The van der Waals surface area contributed by atoms with Crippen molar-refractivity contribution in [2.24, 2.45) is 0 Å². The second-order valence-corrected chi connectivity index (χ2v) is 7.70. The van der Waals surface area contributed by atoms with Crippen LogP contribution in [-0.2, 0) is 11.3 Å². The van der Waals surface area contributed by atoms with Crippen LogP contribution in [-0.4, -0.2) is 51.2 Å². The number of morpholine rings is 1. The number of hydrogen-bond donors (Lipinski definition) is 0. The molecule has 1 saturated heterocycles. The van der Waals surface area contributed by atoms with Gasteiger partial charge in [-0.1, -0.05) is 47.1 Å². The first-order valence-electron chi connectivity index (χ1n) is 10.4. The zero-order valence-corrected chi connectivity index (χ0v) is 17.7. The summed E-state index contributed by atoms with van der Waals surface area (Å²) in [7, 11) is 0. The van der Waals surface area contributed by atoms with Crippen LogP contribution in [0.1, 0.15) is 17.0 Å². The minimum Gasteiger partial charge on any atom is -0.378 e. The molecule has 1 fully saturated rings. The first-order chi connectivity index (χ1) is 15.2. The van der Waals surface area contributed by atoms with Crippen molar-refractivity contribution in [3.05, 3.63) is 65.5 Å². The minimum atomic E-state index is 0.319. The molecule has 0 radical (unpaired) electrons. The standard InChI is InChI=1S/C23H24N6O2/c1-16-6-8-19(9-7-16)21-25-23(31-27-21)22-24-17(2)29(26-22)15-18-4-3-5-20(14-18)28-10-12-30-13-11-28/h3-9,14H,10-13,15H2,1-2H3. The van der Waals surface area contributed by atoms with Crippen LogP contribution in [0.3, 0.4) is 0 Å². The molecule has 1 aliphatic rings. The van der Waals surface area contributed by atoms with E-state index in [1.807, 2.05) is 42.8 Å². The van der Waals surface area contributed by atoms with Crippen LogP contribution in [0.5, 0.6) is 0 Å². The highest BCUT2D eigenvalue weighted by molar-refractivity contribution is 5.57. The van der Waals surface area contributed by atoms with Gasteiger partial charge >= 0.3 is 0 Å². The molecule has 1 aliphatic heterocycles. The second kappa shape index (κ2) is 8.31. The van der Waals surface area contributed by atoms with Gasteiger partial charge in [0.25, 0.3) is 5.89 Å². The molecular formula is C23H24N6O2. The summed E-state index contributed by atoms with van der Waals surface area (Å²) in [5.41, 5.74) is 4.45. The molecule has 0 amide bonds. The highest BCUT2D eigenvalue weighted by Gasteiger charge is 2.17. The third-order valence-electron chi connectivity index (χ3n) is 5.40. The van der Waals surface area contributed by atoms with Crippen molar-refractivity contribution in [1.82, 2.24) is 24.9 Å². The topological polar surface area (TPSA) is 82.1 Å². The maximum atomic E-state index is 5.46. The Labute approximate surface area is 180 Å². The Morgan fingerprint density at radius 3 is 2.55 bits per heavy atom. The molecule has 4 aromatic rings. The van der Waals surface area contributed by atoms with Crippen molar-refractivity contribution >= 4 is 5.69 Å². The zero-order valence-electron chi connectivity index (χ0n) is 17.7. The smallest absolute Gasteiger partial charge is 0.297 e. The van der Waals surface area contributed by atoms with Crippen molar-refractivity contribution in [1.29, 1.82) is 0 Å². The molecule has 31 heavy (non-hydrogen) atoms. The number of benzene rings is 2. The van der Waals surface area contributed by atoms with Crippen molar-refractivity contribution in [3.63, 3.8) is 0 Å². The van der Waals surface area contributed by atoms with E-state index in [1.165, 1.54) is 11.3 Å². The van der Waals surface area contributed by atoms with Crippen molar-refractivity contribution in [3.8, 4) is 23.1 Å². The fourth-order valence-corrected chi connectivity index (χ4v) is 3.64. The summed E-state index contributed by atoms with van der Waals surface area (Å²) >= 11 is 0. The van der Waals surface area contributed by atoms with E-state index in [9.17, 15) is 0 Å². The highest BCUT2D eigenvalue weighted by atomic mass is 16.5. The van der Waals surface area contributed by atoms with Gasteiger partial charge in [-0.2, -0.15) is 4.98 Å². The van der Waals surface area contributed by atoms with Crippen LogP contribution in [0.25, 0.3) is 23.1 Å². The summed E-state index contributed by atoms with van der Waals surface area (Å²) in [5.74, 6) is 2.08. The second-order valence-electron chi connectivity index (χ2n) is 7.70. The largest absolute Gasteiger partial charge is 0.378 e. The molecule has 2 aromatic heterocycles. The number of aryl methyl sites for hydroxylation is 2. The van der Waals surface area contributed by atoms with Gasteiger partial charge in [-0.25, -0.2) is 9.67 Å². The van der Waals surface area contributed by atoms with E-state index in [0.717, 1.165) is 43.3 Å². The number of aromatic nitrogens is 5. The Bertz CT molecular complexity index is 1180. The summed E-state index contributed by atoms with van der Waals surface area (Å²) in [4.78, 5) is 11.4. The Hall–Kier alpha value is -3.52. The van der Waals surface area contributed by atoms with Gasteiger partial charge in [0.05, 0.1) is 19.8 Å². The Morgan fingerprint density at radius 2 is 1.74 bits per heavy atom. The van der Waals surface area contributed by atoms with Crippen LogP contribution < -0.4 is 4.90 Å². The van der Waals surface area contributed by atoms with E-state index >= 15 is 0 Å². The molecule has 0 aliphatic carbocycles. The van der Waals surface area contributed by atoms with Gasteiger partial charge in [0.15, 0.2) is 0 Å². The summed E-state index contributed by atoms with van der Waals surface area (Å²) in [6.45, 7) is 7.96. The van der Waals surface area contributed by atoms with E-state index in [4.69, 9.17) is 9.26 Å². The molecule has 0 unspecified atom stereocenters. The molecule has 8 heteroatoms. The average molecular weight is 416 g/mol. The summed E-state index contributed by atoms with van der Waals surface area (Å²) in [6, 6.07) is 16.5. The lowest BCUT2D eigenvalue weighted by Gasteiger charge is -2.29. The lowest BCUT2D eigenvalue weighted by atomic mass is 10.1. The predicted molar refractivity (Wildman–Crippen MR) is 117 cm³/mol. The van der Waals surface area contributed by atoms with E-state index in [2.05, 4.69) is 49.4 Å². The molecule has 0 spiro atoms. The van der Waals surface area contributed by atoms with Crippen LogP contribution in [0.15, 0.2) is 53.1 Å². The number of hydrogen-bond acceptors (Lipinski definition) is 7. The fraction of sp³-hybridized carbons (Fsp3) is 0.304. The van der Waals surface area contributed by atoms with Gasteiger partial charge in [0.2, 0.25) is 11.6 Å². The van der Waals surface area contributed by atoms with E-state index < -0.39 is 0 Å². The quantitative estimate of drug-likeness (QED) is 0.492. The van der Waals surface area contributed by atoms with Crippen LogP contribution >= 0.6 is 0 Å². The Morgan fingerprint density at radius 1 is 0.935 bits per heavy atom. The lowest BCUT2D eigenvalue weighted by Crippen LogP contribution is -2.36. The fourth-order valence-electron chi connectivity index (χ4n) is 3.64.